The van der Waals surface area contributed by atoms with Crippen LogP contribution in [0.5, 0.6) is 5.75 Å². The van der Waals surface area contributed by atoms with Gasteiger partial charge in [-0.15, -0.1) is 0 Å². The third-order valence-corrected chi connectivity index (χ3v) is 6.75. The number of carbonyl (C=O) groups is 1. The summed E-state index contributed by atoms with van der Waals surface area (Å²) in [5.74, 6) is 1.43. The normalized spacial score (nSPS) is 22.8. The number of sulfone groups is 1. The van der Waals surface area contributed by atoms with Crippen molar-refractivity contribution in [3.63, 3.8) is 0 Å². The number of carbonyl (C=O) groups excluding carboxylic acids is 1. The maximum Gasteiger partial charge on any atom is 0.224 e. The molecule has 2 fully saturated rings. The summed E-state index contributed by atoms with van der Waals surface area (Å²) in [5, 5.41) is 0. The van der Waals surface area contributed by atoms with Crippen LogP contribution >= 0.6 is 0 Å². The van der Waals surface area contributed by atoms with Crippen LogP contribution in [0.1, 0.15) is 18.4 Å². The number of rotatable bonds is 6. The molecule has 0 unspecified atom stereocenters. The Kier molecular flexibility index (Phi) is 5.34. The highest BCUT2D eigenvalue weighted by Crippen LogP contribution is 2.20. The first-order chi connectivity index (χ1) is 11.8. The lowest BCUT2D eigenvalue weighted by Gasteiger charge is -2.39. The Hall–Kier alpha value is -1.60. The molecule has 0 aliphatic carbocycles. The van der Waals surface area contributed by atoms with E-state index in [1.165, 1.54) is 0 Å². The van der Waals surface area contributed by atoms with E-state index in [0.717, 1.165) is 11.3 Å². The van der Waals surface area contributed by atoms with Gasteiger partial charge in [0.1, 0.15) is 11.9 Å². The van der Waals surface area contributed by atoms with Crippen LogP contribution in [0.4, 0.5) is 0 Å². The molecule has 2 aliphatic rings. The Morgan fingerprint density at radius 2 is 2.12 bits per heavy atom. The highest BCUT2D eigenvalue weighted by atomic mass is 32.2. The number of aryl methyl sites for hydroxylation is 1. The van der Waals surface area contributed by atoms with Gasteiger partial charge in [-0.2, -0.15) is 0 Å². The van der Waals surface area contributed by atoms with Crippen molar-refractivity contribution in [2.75, 3.05) is 38.2 Å². The second-order valence-corrected chi connectivity index (χ2v) is 9.37. The summed E-state index contributed by atoms with van der Waals surface area (Å²) in [7, 11) is -0.981. The van der Waals surface area contributed by atoms with E-state index in [4.69, 9.17) is 4.74 Å². The van der Waals surface area contributed by atoms with Gasteiger partial charge < -0.3 is 14.5 Å². The lowest BCUT2D eigenvalue weighted by molar-refractivity contribution is -0.140. The average Bonchev–Trinajstić information content (AvgIpc) is 2.88. The summed E-state index contributed by atoms with van der Waals surface area (Å²) in [6.07, 6.45) is 1.15. The summed E-state index contributed by atoms with van der Waals surface area (Å²) < 4.78 is 28.9. The zero-order valence-corrected chi connectivity index (χ0v) is 15.7. The van der Waals surface area contributed by atoms with Crippen LogP contribution in [0.25, 0.3) is 0 Å². The molecule has 7 heteroatoms. The van der Waals surface area contributed by atoms with Crippen molar-refractivity contribution in [1.82, 2.24) is 9.80 Å². The molecule has 0 aromatic heterocycles. The van der Waals surface area contributed by atoms with Crippen molar-refractivity contribution in [3.05, 3.63) is 29.8 Å². The van der Waals surface area contributed by atoms with E-state index in [9.17, 15) is 13.2 Å². The second kappa shape index (κ2) is 7.33. The summed E-state index contributed by atoms with van der Waals surface area (Å²) in [6.45, 7) is 3.86. The molecule has 25 heavy (non-hydrogen) atoms. The molecule has 0 saturated carbocycles. The molecule has 6 nitrogen and oxygen atoms in total. The first kappa shape index (κ1) is 18.2. The van der Waals surface area contributed by atoms with Crippen molar-refractivity contribution in [1.29, 1.82) is 0 Å². The van der Waals surface area contributed by atoms with E-state index in [1.807, 2.05) is 43.1 Å². The lowest BCUT2D eigenvalue weighted by Crippen LogP contribution is -2.56. The topological polar surface area (TPSA) is 66.9 Å². The molecule has 2 aliphatic heterocycles. The minimum absolute atomic E-state index is 0.0478. The van der Waals surface area contributed by atoms with Gasteiger partial charge in [0.2, 0.25) is 5.91 Å². The zero-order chi connectivity index (χ0) is 18.0. The van der Waals surface area contributed by atoms with Gasteiger partial charge in [-0.05, 0) is 38.1 Å². The molecule has 1 aromatic rings. The maximum absolute atomic E-state index is 12.2. The van der Waals surface area contributed by atoms with E-state index in [0.29, 0.717) is 32.5 Å². The van der Waals surface area contributed by atoms with Gasteiger partial charge in [-0.25, -0.2) is 8.42 Å². The number of nitrogens with zero attached hydrogens (tertiary/aromatic N) is 2. The molecule has 2 heterocycles. The average molecular weight is 366 g/mol. The van der Waals surface area contributed by atoms with Crippen LogP contribution in [0.2, 0.25) is 0 Å². The Balaban J connectivity index is 1.38. The molecule has 1 atom stereocenters. The second-order valence-electron chi connectivity index (χ2n) is 7.14. The number of benzene rings is 1. The SMILES string of the molecule is Cc1cccc(OC2CN(C(=O)CCN(C)[C@@H]3CCS(=O)(=O)C3)C2)c1. The van der Waals surface area contributed by atoms with Crippen LogP contribution in [0.3, 0.4) is 0 Å². The summed E-state index contributed by atoms with van der Waals surface area (Å²) >= 11 is 0. The Bertz CT molecular complexity index is 728. The molecular formula is C18H26N2O4S. The van der Waals surface area contributed by atoms with Crippen LogP contribution in [-0.2, 0) is 14.6 Å². The molecule has 1 amide bonds. The van der Waals surface area contributed by atoms with Gasteiger partial charge in [0.15, 0.2) is 9.84 Å². The highest BCUT2D eigenvalue weighted by Gasteiger charge is 2.33. The smallest absolute Gasteiger partial charge is 0.224 e. The fourth-order valence-electron chi connectivity index (χ4n) is 3.33. The fourth-order valence-corrected chi connectivity index (χ4v) is 5.14. The number of likely N-dealkylation sites (tertiary alicyclic amines) is 1. The molecule has 1 aromatic carbocycles. The molecular weight excluding hydrogens is 340 g/mol. The van der Waals surface area contributed by atoms with Crippen molar-refractivity contribution in [2.24, 2.45) is 0 Å². The quantitative estimate of drug-likeness (QED) is 0.754. The lowest BCUT2D eigenvalue weighted by atomic mass is 10.1. The first-order valence-electron chi connectivity index (χ1n) is 8.74. The Morgan fingerprint density at radius 1 is 1.36 bits per heavy atom. The molecule has 0 N–H and O–H groups in total. The van der Waals surface area contributed by atoms with Crippen LogP contribution in [-0.4, -0.2) is 74.5 Å². The van der Waals surface area contributed by atoms with Gasteiger partial charge in [0, 0.05) is 19.0 Å². The van der Waals surface area contributed by atoms with Gasteiger partial charge in [-0.3, -0.25) is 4.79 Å². The molecule has 3 rings (SSSR count). The minimum atomic E-state index is -2.88. The van der Waals surface area contributed by atoms with E-state index in [1.54, 1.807) is 4.90 Å². The van der Waals surface area contributed by atoms with Gasteiger partial charge in [0.05, 0.1) is 24.6 Å². The fraction of sp³-hybridized carbons (Fsp3) is 0.611. The molecule has 0 spiro atoms. The zero-order valence-electron chi connectivity index (χ0n) is 14.8. The van der Waals surface area contributed by atoms with Crippen molar-refractivity contribution in [2.45, 2.75) is 31.9 Å². The largest absolute Gasteiger partial charge is 0.487 e. The van der Waals surface area contributed by atoms with Crippen molar-refractivity contribution in [3.8, 4) is 5.75 Å². The predicted octanol–water partition coefficient (Wildman–Crippen LogP) is 1.09. The Labute approximate surface area is 149 Å². The number of ether oxygens (including phenoxy) is 1. The van der Waals surface area contributed by atoms with Crippen LogP contribution in [0.15, 0.2) is 24.3 Å². The van der Waals surface area contributed by atoms with E-state index < -0.39 is 9.84 Å². The van der Waals surface area contributed by atoms with E-state index >= 15 is 0 Å². The van der Waals surface area contributed by atoms with Gasteiger partial charge in [0.25, 0.3) is 0 Å². The first-order valence-corrected chi connectivity index (χ1v) is 10.6. The standard InChI is InChI=1S/C18H26N2O4S/c1-14-4-3-5-16(10-14)24-17-11-20(12-17)18(21)6-8-19(2)15-7-9-25(22,23)13-15/h3-5,10,15,17H,6-9,11-13H2,1-2H3/t15-/m1/s1. The monoisotopic (exact) mass is 366 g/mol. The van der Waals surface area contributed by atoms with Crippen LogP contribution < -0.4 is 4.74 Å². The molecule has 0 bridgehead atoms. The highest BCUT2D eigenvalue weighted by molar-refractivity contribution is 7.91. The van der Waals surface area contributed by atoms with Gasteiger partial charge in [-0.1, -0.05) is 12.1 Å². The van der Waals surface area contributed by atoms with E-state index in [-0.39, 0.29) is 29.6 Å². The molecule has 0 radical (unpaired) electrons. The van der Waals surface area contributed by atoms with E-state index in [2.05, 4.69) is 0 Å². The van der Waals surface area contributed by atoms with Crippen molar-refractivity contribution >= 4 is 15.7 Å². The Morgan fingerprint density at radius 3 is 2.76 bits per heavy atom. The minimum Gasteiger partial charge on any atom is -0.487 e. The third kappa shape index (κ3) is 4.73. The predicted molar refractivity (Wildman–Crippen MR) is 96.5 cm³/mol. The summed E-state index contributed by atoms with van der Waals surface area (Å²) in [6, 6.07) is 7.96. The van der Waals surface area contributed by atoms with Crippen molar-refractivity contribution < 1.29 is 17.9 Å². The number of hydrogen-bond acceptors (Lipinski definition) is 5. The number of amides is 1. The molecule has 2 saturated heterocycles. The van der Waals surface area contributed by atoms with Gasteiger partial charge >= 0.3 is 0 Å². The summed E-state index contributed by atoms with van der Waals surface area (Å²) in [4.78, 5) is 16.1. The number of hydrogen-bond donors (Lipinski definition) is 0. The third-order valence-electron chi connectivity index (χ3n) is 5.00. The molecule has 138 valence electrons. The van der Waals surface area contributed by atoms with Crippen LogP contribution in [0, 0.1) is 6.92 Å². The maximum atomic E-state index is 12.2. The summed E-state index contributed by atoms with van der Waals surface area (Å²) in [5.41, 5.74) is 1.15.